The Morgan fingerprint density at radius 1 is 1.30 bits per heavy atom. The van der Waals surface area contributed by atoms with Gasteiger partial charge in [0.05, 0.1) is 12.0 Å². The number of benzene rings is 1. The Kier molecular flexibility index (Phi) is 4.09. The number of H-pyrrole nitrogens is 1. The molecule has 2 N–H and O–H groups in total. The SMILES string of the molecule is COCC1(C(=O)O)CCN(C(=O)c2cc3ccccc3[nH]2)CC1. The van der Waals surface area contributed by atoms with Gasteiger partial charge in [-0.15, -0.1) is 0 Å². The third kappa shape index (κ3) is 2.82. The van der Waals surface area contributed by atoms with Gasteiger partial charge in [-0.25, -0.2) is 0 Å². The van der Waals surface area contributed by atoms with E-state index in [9.17, 15) is 14.7 Å². The standard InChI is InChI=1S/C17H20N2O4/c1-23-11-17(16(21)22)6-8-19(9-7-17)15(20)14-10-12-4-2-3-5-13(12)18-14/h2-5,10,18H,6-9,11H2,1H3,(H,21,22). The number of carboxylic acid groups (broad SMARTS) is 1. The highest BCUT2D eigenvalue weighted by atomic mass is 16.5. The van der Waals surface area contributed by atoms with Gasteiger partial charge in [0.2, 0.25) is 0 Å². The van der Waals surface area contributed by atoms with E-state index in [-0.39, 0.29) is 12.5 Å². The molecule has 0 radical (unpaired) electrons. The van der Waals surface area contributed by atoms with Crippen molar-refractivity contribution in [1.29, 1.82) is 0 Å². The Balaban J connectivity index is 1.74. The molecule has 0 unspecified atom stereocenters. The summed E-state index contributed by atoms with van der Waals surface area (Å²) in [5, 5.41) is 10.5. The highest BCUT2D eigenvalue weighted by Gasteiger charge is 2.42. The van der Waals surface area contributed by atoms with E-state index in [1.54, 1.807) is 4.90 Å². The third-order valence-electron chi connectivity index (χ3n) is 4.64. The van der Waals surface area contributed by atoms with Gasteiger partial charge >= 0.3 is 5.97 Å². The van der Waals surface area contributed by atoms with E-state index < -0.39 is 11.4 Å². The second-order valence-corrected chi connectivity index (χ2v) is 6.08. The lowest BCUT2D eigenvalue weighted by molar-refractivity contribution is -0.155. The number of carboxylic acids is 1. The summed E-state index contributed by atoms with van der Waals surface area (Å²) in [5.41, 5.74) is 0.583. The maximum Gasteiger partial charge on any atom is 0.312 e. The van der Waals surface area contributed by atoms with Crippen molar-refractivity contribution in [2.45, 2.75) is 12.8 Å². The van der Waals surface area contributed by atoms with Crippen LogP contribution in [0, 0.1) is 5.41 Å². The molecular weight excluding hydrogens is 296 g/mol. The molecule has 1 amide bonds. The molecule has 1 fully saturated rings. The number of hydrogen-bond donors (Lipinski definition) is 2. The first-order chi connectivity index (χ1) is 11.1. The van der Waals surface area contributed by atoms with Gasteiger partial charge in [0.15, 0.2) is 0 Å². The Hall–Kier alpha value is -2.34. The van der Waals surface area contributed by atoms with Crippen LogP contribution in [-0.4, -0.2) is 53.7 Å². The number of ether oxygens (including phenoxy) is 1. The highest BCUT2D eigenvalue weighted by molar-refractivity contribution is 5.98. The van der Waals surface area contributed by atoms with Gasteiger partial charge < -0.3 is 19.7 Å². The van der Waals surface area contributed by atoms with Crippen LogP contribution in [0.15, 0.2) is 30.3 Å². The molecule has 0 saturated carbocycles. The van der Waals surface area contributed by atoms with Crippen molar-refractivity contribution in [2.75, 3.05) is 26.8 Å². The first-order valence-electron chi connectivity index (χ1n) is 7.65. The number of rotatable bonds is 4. The smallest absolute Gasteiger partial charge is 0.312 e. The fraction of sp³-hybridized carbons (Fsp3) is 0.412. The number of aromatic amines is 1. The molecule has 1 aliphatic heterocycles. The van der Waals surface area contributed by atoms with Gasteiger partial charge in [0.25, 0.3) is 5.91 Å². The second-order valence-electron chi connectivity index (χ2n) is 6.08. The minimum absolute atomic E-state index is 0.0856. The normalized spacial score (nSPS) is 17.3. The zero-order chi connectivity index (χ0) is 16.4. The Bertz CT molecular complexity index is 696. The first-order valence-corrected chi connectivity index (χ1v) is 7.65. The van der Waals surface area contributed by atoms with Gasteiger partial charge in [0, 0.05) is 31.1 Å². The van der Waals surface area contributed by atoms with Crippen molar-refractivity contribution in [3.8, 4) is 0 Å². The number of para-hydroxylation sites is 1. The lowest BCUT2D eigenvalue weighted by atomic mass is 9.79. The van der Waals surface area contributed by atoms with Crippen LogP contribution in [0.25, 0.3) is 10.9 Å². The van der Waals surface area contributed by atoms with Gasteiger partial charge in [-0.05, 0) is 25.0 Å². The minimum atomic E-state index is -0.883. The number of fused-ring (bicyclic) bond motifs is 1. The molecule has 23 heavy (non-hydrogen) atoms. The third-order valence-corrected chi connectivity index (χ3v) is 4.64. The number of piperidine rings is 1. The van der Waals surface area contributed by atoms with Gasteiger partial charge in [-0.2, -0.15) is 0 Å². The number of carbonyl (C=O) groups is 2. The predicted octanol–water partition coefficient (Wildman–Crippen LogP) is 2.12. The van der Waals surface area contributed by atoms with Crippen LogP contribution in [0.2, 0.25) is 0 Å². The van der Waals surface area contributed by atoms with Crippen molar-refractivity contribution < 1.29 is 19.4 Å². The number of likely N-dealkylation sites (tertiary alicyclic amines) is 1. The molecule has 2 aromatic rings. The maximum absolute atomic E-state index is 12.6. The van der Waals surface area contributed by atoms with Gasteiger partial charge in [0.1, 0.15) is 5.69 Å². The number of aliphatic carboxylic acids is 1. The number of amides is 1. The van der Waals surface area contributed by atoms with E-state index in [0.29, 0.717) is 31.6 Å². The zero-order valence-corrected chi connectivity index (χ0v) is 13.0. The lowest BCUT2D eigenvalue weighted by Gasteiger charge is -2.38. The predicted molar refractivity (Wildman–Crippen MR) is 85.4 cm³/mol. The molecule has 0 atom stereocenters. The fourth-order valence-electron chi connectivity index (χ4n) is 3.19. The van der Waals surface area contributed by atoms with E-state index >= 15 is 0 Å². The Labute approximate surface area is 134 Å². The number of methoxy groups -OCH3 is 1. The highest BCUT2D eigenvalue weighted by Crippen LogP contribution is 2.33. The largest absolute Gasteiger partial charge is 0.481 e. The average molecular weight is 316 g/mol. The lowest BCUT2D eigenvalue weighted by Crippen LogP contribution is -2.48. The summed E-state index contributed by atoms with van der Waals surface area (Å²) in [6.45, 7) is 1.02. The average Bonchev–Trinajstić information content (AvgIpc) is 2.99. The number of hydrogen-bond acceptors (Lipinski definition) is 3. The molecule has 0 spiro atoms. The van der Waals surface area contributed by atoms with Crippen molar-refractivity contribution in [2.24, 2.45) is 5.41 Å². The molecule has 1 aliphatic rings. The summed E-state index contributed by atoms with van der Waals surface area (Å²) in [5.74, 6) is -0.935. The van der Waals surface area contributed by atoms with Crippen LogP contribution in [0.5, 0.6) is 0 Å². The van der Waals surface area contributed by atoms with E-state index in [2.05, 4.69) is 4.98 Å². The van der Waals surface area contributed by atoms with E-state index in [1.165, 1.54) is 7.11 Å². The van der Waals surface area contributed by atoms with Gasteiger partial charge in [-0.1, -0.05) is 18.2 Å². The number of nitrogens with zero attached hydrogens (tertiary/aromatic N) is 1. The molecular formula is C17H20N2O4. The van der Waals surface area contributed by atoms with Crippen molar-refractivity contribution in [3.05, 3.63) is 36.0 Å². The summed E-state index contributed by atoms with van der Waals surface area (Å²) >= 11 is 0. The molecule has 1 saturated heterocycles. The van der Waals surface area contributed by atoms with Crippen LogP contribution in [0.1, 0.15) is 23.3 Å². The second kappa shape index (κ2) is 6.04. The van der Waals surface area contributed by atoms with Crippen LogP contribution in [0.3, 0.4) is 0 Å². The monoisotopic (exact) mass is 316 g/mol. The van der Waals surface area contributed by atoms with Gasteiger partial charge in [-0.3, -0.25) is 9.59 Å². The molecule has 2 heterocycles. The Morgan fingerprint density at radius 3 is 2.61 bits per heavy atom. The summed E-state index contributed by atoms with van der Waals surface area (Å²) < 4.78 is 5.08. The first kappa shape index (κ1) is 15.6. The summed E-state index contributed by atoms with van der Waals surface area (Å²) in [6, 6.07) is 9.56. The molecule has 122 valence electrons. The summed E-state index contributed by atoms with van der Waals surface area (Å²) in [7, 11) is 1.51. The number of carbonyl (C=O) groups excluding carboxylic acids is 1. The maximum atomic E-state index is 12.6. The van der Waals surface area contributed by atoms with Crippen molar-refractivity contribution in [3.63, 3.8) is 0 Å². The molecule has 6 nitrogen and oxygen atoms in total. The van der Waals surface area contributed by atoms with Crippen LogP contribution >= 0.6 is 0 Å². The molecule has 0 aliphatic carbocycles. The van der Waals surface area contributed by atoms with Crippen LogP contribution in [0.4, 0.5) is 0 Å². The summed E-state index contributed by atoms with van der Waals surface area (Å²) in [4.78, 5) is 29.0. The van der Waals surface area contributed by atoms with E-state index in [0.717, 1.165) is 10.9 Å². The molecule has 1 aromatic carbocycles. The quantitative estimate of drug-likeness (QED) is 0.905. The minimum Gasteiger partial charge on any atom is -0.481 e. The van der Waals surface area contributed by atoms with Crippen molar-refractivity contribution >= 4 is 22.8 Å². The number of aromatic nitrogens is 1. The molecule has 6 heteroatoms. The fourth-order valence-corrected chi connectivity index (χ4v) is 3.19. The van der Waals surface area contributed by atoms with Crippen LogP contribution in [-0.2, 0) is 9.53 Å². The Morgan fingerprint density at radius 2 is 2.00 bits per heavy atom. The summed E-state index contributed by atoms with van der Waals surface area (Å²) in [6.07, 6.45) is 0.810. The van der Waals surface area contributed by atoms with Crippen molar-refractivity contribution in [1.82, 2.24) is 9.88 Å². The van der Waals surface area contributed by atoms with Crippen LogP contribution < -0.4 is 0 Å². The number of nitrogens with one attached hydrogen (secondary N) is 1. The molecule has 0 bridgehead atoms. The molecule has 3 rings (SSSR count). The molecule has 1 aromatic heterocycles. The zero-order valence-electron chi connectivity index (χ0n) is 13.0. The van der Waals surface area contributed by atoms with E-state index in [4.69, 9.17) is 4.74 Å². The van der Waals surface area contributed by atoms with E-state index in [1.807, 2.05) is 30.3 Å². The topological polar surface area (TPSA) is 82.6 Å².